The molecule has 0 radical (unpaired) electrons. The van der Waals surface area contributed by atoms with E-state index >= 15 is 0 Å². The average Bonchev–Trinajstić information content (AvgIpc) is 1.37. The van der Waals surface area contributed by atoms with E-state index in [0.717, 1.165) is 11.9 Å². The van der Waals surface area contributed by atoms with E-state index in [0.29, 0.717) is 0 Å². The molecule has 0 spiro atoms. The Labute approximate surface area is 51.0 Å². The van der Waals surface area contributed by atoms with Gasteiger partial charge < -0.3 is 22.9 Å². The van der Waals surface area contributed by atoms with Crippen LogP contribution in [0.3, 0.4) is 0 Å². The van der Waals surface area contributed by atoms with Crippen molar-refractivity contribution in [3.05, 3.63) is 7.43 Å². The number of hydrogen-bond acceptors (Lipinski definition) is 2. The standard InChI is InChI=1S/CH2NO2.CH3.W/c3-1-2-4;;/h4H,(H,2,3);1H3;/q2*-1;+2. The first-order valence-electron chi connectivity index (χ1n) is 0.678. The molecule has 0 heterocycles. The topological polar surface area (TPSA) is 49.3 Å². The van der Waals surface area contributed by atoms with Crippen LogP contribution in [0.25, 0.3) is 0 Å². The summed E-state index contributed by atoms with van der Waals surface area (Å²) in [5.41, 5.74) is 1.12. The summed E-state index contributed by atoms with van der Waals surface area (Å²) in [4.78, 5) is 8.69. The molecule has 0 aliphatic carbocycles. The second-order valence-corrected chi connectivity index (χ2v) is 0.214. The molecule has 0 bridgehead atoms. The van der Waals surface area contributed by atoms with E-state index in [1.807, 2.05) is 0 Å². The molecular formula is C2H5NO2W. The maximum Gasteiger partial charge on any atom is 2.00 e. The number of nitrogens with one attached hydrogen (secondary N) is 1. The summed E-state index contributed by atoms with van der Waals surface area (Å²) >= 11 is 0. The molecule has 0 saturated heterocycles. The third-order valence-electron chi connectivity index (χ3n) is 0.0456. The van der Waals surface area contributed by atoms with Crippen molar-refractivity contribution in [2.75, 3.05) is 0 Å². The second-order valence-electron chi connectivity index (χ2n) is 0.214. The molecule has 0 aromatic rings. The third-order valence-corrected chi connectivity index (χ3v) is 0.0456. The molecule has 6 heavy (non-hydrogen) atoms. The van der Waals surface area contributed by atoms with E-state index in [-0.39, 0.29) is 28.5 Å². The van der Waals surface area contributed by atoms with Crippen LogP contribution in [0.4, 0.5) is 0 Å². The van der Waals surface area contributed by atoms with Crippen LogP contribution in [-0.4, -0.2) is 11.6 Å². The predicted octanol–water partition coefficient (Wildman–Crippen LogP) is -0.520. The fraction of sp³-hybridized carbons (Fsp3) is 0. The van der Waals surface area contributed by atoms with Gasteiger partial charge in [-0.2, -0.15) is 0 Å². The zero-order chi connectivity index (χ0) is 3.41. The number of rotatable bonds is 1. The van der Waals surface area contributed by atoms with Gasteiger partial charge in [-0.15, -0.1) is 6.41 Å². The second kappa shape index (κ2) is 19.3. The summed E-state index contributed by atoms with van der Waals surface area (Å²) in [5, 5.41) is 7.20. The monoisotopic (exact) mass is 259 g/mol. The maximum absolute atomic E-state index is 8.69. The minimum absolute atomic E-state index is 0. The van der Waals surface area contributed by atoms with Gasteiger partial charge in [-0.1, -0.05) is 0 Å². The van der Waals surface area contributed by atoms with Crippen LogP contribution in [0.1, 0.15) is 0 Å². The van der Waals surface area contributed by atoms with E-state index in [9.17, 15) is 0 Å². The molecule has 3 nitrogen and oxygen atoms in total. The summed E-state index contributed by atoms with van der Waals surface area (Å²) in [6.45, 7) is 0. The summed E-state index contributed by atoms with van der Waals surface area (Å²) in [6.07, 6.45) is 0.986. The van der Waals surface area contributed by atoms with Crippen molar-refractivity contribution in [1.82, 2.24) is 5.48 Å². The van der Waals surface area contributed by atoms with Gasteiger partial charge in [0, 0.05) is 0 Å². The van der Waals surface area contributed by atoms with Crippen LogP contribution in [0.5, 0.6) is 0 Å². The van der Waals surface area contributed by atoms with Crippen LogP contribution in [-0.2, 0) is 25.9 Å². The van der Waals surface area contributed by atoms with E-state index in [1.54, 1.807) is 0 Å². The Morgan fingerprint density at radius 2 is 1.83 bits per heavy atom. The molecule has 0 atom stereocenters. The van der Waals surface area contributed by atoms with Crippen molar-refractivity contribution >= 4 is 6.41 Å². The normalized spacial score (nSPS) is 3.50. The zero-order valence-corrected chi connectivity index (χ0v) is 6.20. The molecule has 0 unspecified atom stereocenters. The van der Waals surface area contributed by atoms with Crippen molar-refractivity contribution in [3.63, 3.8) is 0 Å². The molecule has 0 fully saturated rings. The van der Waals surface area contributed by atoms with Gasteiger partial charge in [0.1, 0.15) is 0 Å². The Kier molecular flexibility index (Phi) is 53.1. The summed E-state index contributed by atoms with van der Waals surface area (Å²) in [7, 11) is 0. The first-order chi connectivity index (χ1) is 1.91. The van der Waals surface area contributed by atoms with Gasteiger partial charge in [-0.05, 0) is 0 Å². The Morgan fingerprint density at radius 1 is 1.67 bits per heavy atom. The van der Waals surface area contributed by atoms with Crippen molar-refractivity contribution in [2.24, 2.45) is 0 Å². The molecule has 36 valence electrons. The Balaban J connectivity index is -0.0000000450. The Bertz CT molecular complexity index is 25.5. The first-order valence-corrected chi connectivity index (χ1v) is 0.678. The zero-order valence-electron chi connectivity index (χ0n) is 3.26. The fourth-order valence-electron chi connectivity index (χ4n) is 0. The van der Waals surface area contributed by atoms with Gasteiger partial charge in [0.2, 0.25) is 0 Å². The average molecular weight is 259 g/mol. The number of amides is 1. The molecule has 0 aromatic heterocycles. The van der Waals surface area contributed by atoms with Gasteiger partial charge in [0.05, 0.1) is 0 Å². The summed E-state index contributed by atoms with van der Waals surface area (Å²) in [6, 6.07) is 0. The van der Waals surface area contributed by atoms with Crippen LogP contribution >= 0.6 is 0 Å². The molecule has 0 aromatic carbocycles. The van der Waals surface area contributed by atoms with E-state index in [2.05, 4.69) is 0 Å². The predicted molar refractivity (Wildman–Crippen MR) is 17.0 cm³/mol. The van der Waals surface area contributed by atoms with Crippen molar-refractivity contribution in [1.29, 1.82) is 0 Å². The van der Waals surface area contributed by atoms with Gasteiger partial charge >= 0.3 is 21.1 Å². The smallest absolute Gasteiger partial charge is 0.518 e. The SMILES string of the molecule is O=[C-]NO.[CH3-].[W+2]. The molecule has 0 saturated carbocycles. The van der Waals surface area contributed by atoms with E-state index < -0.39 is 0 Å². The maximum atomic E-state index is 8.69. The number of hydroxylamine groups is 1. The van der Waals surface area contributed by atoms with Crippen LogP contribution in [0.2, 0.25) is 0 Å². The van der Waals surface area contributed by atoms with Gasteiger partial charge in [0.25, 0.3) is 0 Å². The van der Waals surface area contributed by atoms with Gasteiger partial charge in [-0.3, -0.25) is 0 Å². The minimum atomic E-state index is 0. The Hall–Kier alpha value is 0.118. The Morgan fingerprint density at radius 3 is 1.83 bits per heavy atom. The van der Waals surface area contributed by atoms with Crippen molar-refractivity contribution in [2.45, 2.75) is 0 Å². The van der Waals surface area contributed by atoms with Gasteiger partial charge in [-0.25, -0.2) is 0 Å². The van der Waals surface area contributed by atoms with Crippen LogP contribution < -0.4 is 5.48 Å². The van der Waals surface area contributed by atoms with Crippen molar-refractivity contribution in [3.8, 4) is 0 Å². The summed E-state index contributed by atoms with van der Waals surface area (Å²) in [5.74, 6) is 0. The van der Waals surface area contributed by atoms with E-state index in [4.69, 9.17) is 10.0 Å². The molecular weight excluding hydrogens is 254 g/mol. The molecule has 0 rings (SSSR count). The molecule has 1 amide bonds. The first kappa shape index (κ1) is 16.5. The molecule has 4 heteroatoms. The fourth-order valence-corrected chi connectivity index (χ4v) is 0. The molecule has 2 N–H and O–H groups in total. The molecule has 0 aliphatic heterocycles. The molecule has 0 aliphatic rings. The van der Waals surface area contributed by atoms with Crippen molar-refractivity contribution < 1.29 is 31.1 Å². The van der Waals surface area contributed by atoms with Gasteiger partial charge in [0.15, 0.2) is 0 Å². The number of carbonyl (C=O) groups excluding carboxylic acids is 1. The minimum Gasteiger partial charge on any atom is -0.518 e. The van der Waals surface area contributed by atoms with Crippen LogP contribution in [0.15, 0.2) is 0 Å². The number of hydrogen-bond donors (Lipinski definition) is 2. The largest absolute Gasteiger partial charge is 2.00 e. The van der Waals surface area contributed by atoms with Crippen LogP contribution in [0, 0.1) is 7.43 Å². The quantitative estimate of drug-likeness (QED) is 0.288. The summed E-state index contributed by atoms with van der Waals surface area (Å²) < 4.78 is 0. The van der Waals surface area contributed by atoms with E-state index in [1.165, 1.54) is 0 Å². The third kappa shape index (κ3) is 32.0.